The number of likely N-dealkylation sites (tertiary alicyclic amines) is 1. The highest BCUT2D eigenvalue weighted by atomic mass is 32.1. The third-order valence-electron chi connectivity index (χ3n) is 3.31. The lowest BCUT2D eigenvalue weighted by Gasteiger charge is -2.31. The smallest absolute Gasteiger partial charge is 0.246 e. The van der Waals surface area contributed by atoms with Crippen molar-refractivity contribution in [2.75, 3.05) is 18.4 Å². The van der Waals surface area contributed by atoms with E-state index in [9.17, 15) is 9.59 Å². The number of carbonyl (C=O) groups is 2. The topological polar surface area (TPSA) is 62.3 Å². The van der Waals surface area contributed by atoms with Gasteiger partial charge in [0.1, 0.15) is 0 Å². The Kier molecular flexibility index (Phi) is 5.68. The van der Waals surface area contributed by atoms with Crippen LogP contribution in [0.15, 0.2) is 35.9 Å². The maximum atomic E-state index is 12.2. The lowest BCUT2D eigenvalue weighted by Crippen LogP contribution is -2.43. The molecule has 0 spiro atoms. The van der Waals surface area contributed by atoms with Crippen LogP contribution in [0, 0.1) is 5.92 Å². The monoisotopic (exact) mass is 305 g/mol. The Morgan fingerprint density at radius 2 is 2.33 bits per heavy atom. The quantitative estimate of drug-likeness (QED) is 0.686. The van der Waals surface area contributed by atoms with Crippen LogP contribution in [0.3, 0.4) is 0 Å². The molecule has 1 saturated heterocycles. The van der Waals surface area contributed by atoms with E-state index in [0.29, 0.717) is 18.2 Å². The average Bonchev–Trinajstić information content (AvgIpc) is 3.00. The van der Waals surface area contributed by atoms with Crippen molar-refractivity contribution in [3.8, 4) is 0 Å². The third-order valence-corrected chi connectivity index (χ3v) is 4.00. The first-order chi connectivity index (χ1) is 10.2. The first kappa shape index (κ1) is 15.4. The molecule has 6 heteroatoms. The van der Waals surface area contributed by atoms with Crippen LogP contribution in [0.4, 0.5) is 5.13 Å². The van der Waals surface area contributed by atoms with Crippen molar-refractivity contribution in [3.63, 3.8) is 0 Å². The summed E-state index contributed by atoms with van der Waals surface area (Å²) >= 11 is 1.39. The number of nitrogens with one attached hydrogen (secondary N) is 1. The lowest BCUT2D eigenvalue weighted by atomic mass is 9.97. The van der Waals surface area contributed by atoms with Gasteiger partial charge in [0.15, 0.2) is 5.13 Å². The van der Waals surface area contributed by atoms with Crippen molar-refractivity contribution in [1.29, 1.82) is 0 Å². The fourth-order valence-corrected chi connectivity index (χ4v) is 2.77. The molecule has 0 saturated carbocycles. The van der Waals surface area contributed by atoms with Crippen molar-refractivity contribution < 1.29 is 9.59 Å². The Balaban J connectivity index is 1.90. The first-order valence-electron chi connectivity index (χ1n) is 6.99. The fourth-order valence-electron chi connectivity index (χ4n) is 2.24. The minimum Gasteiger partial charge on any atom is -0.338 e. The molecule has 0 bridgehead atoms. The van der Waals surface area contributed by atoms with Crippen LogP contribution in [0.25, 0.3) is 0 Å². The van der Waals surface area contributed by atoms with E-state index in [-0.39, 0.29) is 17.7 Å². The zero-order valence-electron chi connectivity index (χ0n) is 12.0. The van der Waals surface area contributed by atoms with Gasteiger partial charge in [0.2, 0.25) is 11.8 Å². The van der Waals surface area contributed by atoms with E-state index >= 15 is 0 Å². The van der Waals surface area contributed by atoms with Gasteiger partial charge in [-0.3, -0.25) is 9.59 Å². The second kappa shape index (κ2) is 7.73. The molecule has 2 rings (SSSR count). The molecule has 1 N–H and O–H groups in total. The average molecular weight is 305 g/mol. The number of hydrogen-bond donors (Lipinski definition) is 1. The summed E-state index contributed by atoms with van der Waals surface area (Å²) in [5.41, 5.74) is 0. The van der Waals surface area contributed by atoms with Crippen LogP contribution in [-0.2, 0) is 9.59 Å². The Labute approximate surface area is 128 Å². The lowest BCUT2D eigenvalue weighted by molar-refractivity contribution is -0.130. The Morgan fingerprint density at radius 3 is 3.05 bits per heavy atom. The van der Waals surface area contributed by atoms with Gasteiger partial charge >= 0.3 is 0 Å². The molecule has 1 aromatic rings. The van der Waals surface area contributed by atoms with Gasteiger partial charge in [-0.2, -0.15) is 0 Å². The highest BCUT2D eigenvalue weighted by Crippen LogP contribution is 2.20. The van der Waals surface area contributed by atoms with Gasteiger partial charge in [-0.05, 0) is 19.8 Å². The molecule has 0 aromatic carbocycles. The van der Waals surface area contributed by atoms with Gasteiger partial charge in [-0.15, -0.1) is 11.3 Å². The number of carbonyl (C=O) groups excluding carboxylic acids is 2. The van der Waals surface area contributed by atoms with Gasteiger partial charge in [0.05, 0.1) is 5.92 Å². The molecule has 21 heavy (non-hydrogen) atoms. The zero-order valence-corrected chi connectivity index (χ0v) is 12.8. The first-order valence-corrected chi connectivity index (χ1v) is 7.87. The predicted molar refractivity (Wildman–Crippen MR) is 84.0 cm³/mol. The summed E-state index contributed by atoms with van der Waals surface area (Å²) in [4.78, 5) is 30.0. The Bertz CT molecular complexity index is 537. The molecule has 1 fully saturated rings. The van der Waals surface area contributed by atoms with E-state index in [1.807, 2.05) is 24.5 Å². The van der Waals surface area contributed by atoms with Gasteiger partial charge < -0.3 is 10.2 Å². The van der Waals surface area contributed by atoms with Crippen LogP contribution < -0.4 is 5.32 Å². The van der Waals surface area contributed by atoms with E-state index in [1.54, 1.807) is 23.2 Å². The summed E-state index contributed by atoms with van der Waals surface area (Å²) in [6, 6.07) is 0. The van der Waals surface area contributed by atoms with E-state index in [0.717, 1.165) is 12.8 Å². The van der Waals surface area contributed by atoms with Crippen molar-refractivity contribution in [1.82, 2.24) is 9.88 Å². The van der Waals surface area contributed by atoms with Gasteiger partial charge in [-0.1, -0.05) is 18.2 Å². The Morgan fingerprint density at radius 1 is 1.48 bits per heavy atom. The van der Waals surface area contributed by atoms with Gasteiger partial charge in [0, 0.05) is 30.7 Å². The number of nitrogens with zero attached hydrogens (tertiary/aromatic N) is 2. The maximum absolute atomic E-state index is 12.2. The minimum absolute atomic E-state index is 0.0418. The van der Waals surface area contributed by atoms with Crippen molar-refractivity contribution in [3.05, 3.63) is 35.9 Å². The zero-order chi connectivity index (χ0) is 15.1. The number of aromatic nitrogens is 1. The van der Waals surface area contributed by atoms with Gasteiger partial charge in [0.25, 0.3) is 0 Å². The van der Waals surface area contributed by atoms with Crippen LogP contribution in [-0.4, -0.2) is 34.8 Å². The molecule has 1 atom stereocenters. The molecular weight excluding hydrogens is 286 g/mol. The normalized spacial score (nSPS) is 19.3. The summed E-state index contributed by atoms with van der Waals surface area (Å²) in [5, 5.41) is 5.23. The number of anilines is 1. The molecule has 1 aliphatic heterocycles. The molecule has 1 aliphatic rings. The summed E-state index contributed by atoms with van der Waals surface area (Å²) in [5.74, 6) is -0.263. The van der Waals surface area contributed by atoms with Gasteiger partial charge in [-0.25, -0.2) is 4.98 Å². The molecule has 5 nitrogen and oxygen atoms in total. The number of allylic oxidation sites excluding steroid dienone is 3. The summed E-state index contributed by atoms with van der Waals surface area (Å²) < 4.78 is 0. The molecule has 0 aliphatic carbocycles. The largest absolute Gasteiger partial charge is 0.338 e. The number of rotatable bonds is 4. The molecule has 1 aromatic heterocycles. The molecule has 0 radical (unpaired) electrons. The summed E-state index contributed by atoms with van der Waals surface area (Å²) in [7, 11) is 0. The van der Waals surface area contributed by atoms with Crippen molar-refractivity contribution in [2.45, 2.75) is 19.8 Å². The van der Waals surface area contributed by atoms with E-state index in [4.69, 9.17) is 0 Å². The maximum Gasteiger partial charge on any atom is 0.246 e. The Hall–Kier alpha value is -1.95. The summed E-state index contributed by atoms with van der Waals surface area (Å²) in [6.45, 7) is 3.07. The fraction of sp³-hybridized carbons (Fsp3) is 0.400. The van der Waals surface area contributed by atoms with Crippen LogP contribution in [0.2, 0.25) is 0 Å². The van der Waals surface area contributed by atoms with Crippen LogP contribution >= 0.6 is 11.3 Å². The number of amides is 2. The number of hydrogen-bond acceptors (Lipinski definition) is 4. The summed E-state index contributed by atoms with van der Waals surface area (Å²) in [6.07, 6.45) is 10.3. The SMILES string of the molecule is C/C=C/C=C\C(=O)N1CCC[C@H](C(=O)Nc2nccs2)C1. The molecular formula is C15H19N3O2S. The molecule has 2 heterocycles. The van der Waals surface area contributed by atoms with Crippen molar-refractivity contribution >= 4 is 28.3 Å². The van der Waals surface area contributed by atoms with Crippen LogP contribution in [0.5, 0.6) is 0 Å². The minimum atomic E-state index is -0.165. The molecule has 0 unspecified atom stereocenters. The van der Waals surface area contributed by atoms with E-state index in [2.05, 4.69) is 10.3 Å². The number of thiazole rings is 1. The van der Waals surface area contributed by atoms with E-state index < -0.39 is 0 Å². The molecule has 112 valence electrons. The second-order valence-electron chi connectivity index (χ2n) is 4.83. The standard InChI is InChI=1S/C15H19N3O2S/c1-2-3-4-7-13(19)18-9-5-6-12(11-18)14(20)17-15-16-8-10-21-15/h2-4,7-8,10,12H,5-6,9,11H2,1H3,(H,16,17,20)/b3-2+,7-4-/t12-/m0/s1. The van der Waals surface area contributed by atoms with Crippen molar-refractivity contribution in [2.24, 2.45) is 5.92 Å². The molecule has 2 amide bonds. The highest BCUT2D eigenvalue weighted by Gasteiger charge is 2.27. The van der Waals surface area contributed by atoms with Crippen LogP contribution in [0.1, 0.15) is 19.8 Å². The number of piperidine rings is 1. The highest BCUT2D eigenvalue weighted by molar-refractivity contribution is 7.13. The predicted octanol–water partition coefficient (Wildman–Crippen LogP) is 2.45. The van der Waals surface area contributed by atoms with E-state index in [1.165, 1.54) is 11.3 Å². The third kappa shape index (κ3) is 4.53. The second-order valence-corrected chi connectivity index (χ2v) is 5.73.